The average molecular weight is 490 g/mol. The number of nitrogens with zero attached hydrogens (tertiary/aromatic N) is 2. The number of rotatable bonds is 9. The van der Waals surface area contributed by atoms with Crippen LogP contribution >= 0.6 is 0 Å². The molecule has 1 saturated heterocycles. The van der Waals surface area contributed by atoms with Gasteiger partial charge in [0.2, 0.25) is 11.8 Å². The van der Waals surface area contributed by atoms with Gasteiger partial charge in [0.1, 0.15) is 6.04 Å². The molecule has 1 heterocycles. The van der Waals surface area contributed by atoms with Gasteiger partial charge in [0.15, 0.2) is 0 Å². The maximum absolute atomic E-state index is 13.8. The summed E-state index contributed by atoms with van der Waals surface area (Å²) in [6, 6.07) is -1.46. The smallest absolute Gasteiger partial charge is 0.333 e. The fourth-order valence-corrected chi connectivity index (χ4v) is 4.51. The van der Waals surface area contributed by atoms with Crippen molar-refractivity contribution in [1.29, 1.82) is 0 Å². The number of ether oxygens (including phenoxy) is 1. The van der Waals surface area contributed by atoms with Gasteiger partial charge in [0.25, 0.3) is 0 Å². The molecule has 7 heteroatoms. The lowest BCUT2D eigenvalue weighted by Gasteiger charge is -2.44. The summed E-state index contributed by atoms with van der Waals surface area (Å²) in [7, 11) is 1.72. The van der Waals surface area contributed by atoms with Crippen LogP contribution in [0.15, 0.2) is 11.6 Å². The highest BCUT2D eigenvalue weighted by Gasteiger charge is 2.41. The molecule has 1 aliphatic rings. The molecule has 2 amide bonds. The maximum Gasteiger partial charge on any atom is 0.333 e. The zero-order chi connectivity index (χ0) is 27.1. The maximum atomic E-state index is 13.8. The molecule has 0 bridgehead atoms. The molecule has 1 fully saturated rings. The first-order valence-corrected chi connectivity index (χ1v) is 12.8. The number of carbonyl (C=O) groups is 3. The van der Waals surface area contributed by atoms with Crippen molar-refractivity contribution in [1.82, 2.24) is 15.1 Å². The van der Waals surface area contributed by atoms with Crippen molar-refractivity contribution in [2.45, 2.75) is 105 Å². The van der Waals surface area contributed by atoms with Crippen LogP contribution in [-0.2, 0) is 19.1 Å². The molecule has 198 valence electrons. The van der Waals surface area contributed by atoms with Crippen LogP contribution in [0.25, 0.3) is 0 Å². The number of carbonyl (C=O) groups excluding carboxylic acids is 3. The van der Waals surface area contributed by atoms with Crippen molar-refractivity contribution in [3.63, 3.8) is 0 Å². The normalized spacial score (nSPS) is 19.5. The fraction of sp³-hybridized carbons (Fsp3) is 0.750. The highest BCUT2D eigenvalue weighted by molar-refractivity contribution is 5.91. The minimum atomic E-state index is -0.740. The highest BCUT2D eigenvalue weighted by atomic mass is 16.5. The van der Waals surface area contributed by atoms with E-state index >= 15 is 0 Å². The van der Waals surface area contributed by atoms with Gasteiger partial charge in [-0.25, -0.2) is 4.79 Å². The van der Waals surface area contributed by atoms with E-state index in [0.717, 1.165) is 19.4 Å². The van der Waals surface area contributed by atoms with E-state index in [1.165, 1.54) is 0 Å². The van der Waals surface area contributed by atoms with Gasteiger partial charge < -0.3 is 15.0 Å². The number of nitrogens with one attached hydrogen (secondary N) is 1. The summed E-state index contributed by atoms with van der Waals surface area (Å²) in [5.41, 5.74) is -0.627. The van der Waals surface area contributed by atoms with Gasteiger partial charge in [-0.15, -0.1) is 6.42 Å². The quantitative estimate of drug-likeness (QED) is 0.303. The standard InChI is InChI=1S/C28H47N3O4/c1-12-28(9,10)31-17-15-14-16-21(31)24(32)29-23(27(6,7)8)25(33)30(11)22(19(3)4)18-20(5)26(34)35-13-2/h1,18-19,21-23H,13-17H2,2-11H3,(H,29,32)/t21-,22-,23-/m1/s1. The molecule has 0 aromatic rings. The summed E-state index contributed by atoms with van der Waals surface area (Å²) in [5.74, 6) is 2.10. The third kappa shape index (κ3) is 8.10. The largest absolute Gasteiger partial charge is 0.463 e. The Hall–Kier alpha value is -2.33. The molecule has 0 aromatic carbocycles. The van der Waals surface area contributed by atoms with Crippen molar-refractivity contribution in [2.24, 2.45) is 11.3 Å². The molecule has 0 radical (unpaired) electrons. The molecule has 0 spiro atoms. The first-order valence-electron chi connectivity index (χ1n) is 12.8. The Bertz CT molecular complexity index is 832. The molecule has 1 N–H and O–H groups in total. The summed E-state index contributed by atoms with van der Waals surface area (Å²) in [6.45, 7) is 18.2. The van der Waals surface area contributed by atoms with Gasteiger partial charge in [0.05, 0.1) is 24.2 Å². The zero-order valence-electron chi connectivity index (χ0n) is 23.5. The van der Waals surface area contributed by atoms with E-state index in [2.05, 4.69) is 16.1 Å². The van der Waals surface area contributed by atoms with Crippen molar-refractivity contribution in [3.05, 3.63) is 11.6 Å². The Morgan fingerprint density at radius 1 is 1.20 bits per heavy atom. The Balaban J connectivity index is 3.23. The Labute approximate surface area is 213 Å². The van der Waals surface area contributed by atoms with Gasteiger partial charge in [-0.1, -0.05) is 53.0 Å². The first kappa shape index (κ1) is 30.7. The van der Waals surface area contributed by atoms with Gasteiger partial charge in [-0.05, 0) is 51.9 Å². The molecule has 0 saturated carbocycles. The lowest BCUT2D eigenvalue weighted by atomic mass is 9.84. The molecule has 7 nitrogen and oxygen atoms in total. The number of likely N-dealkylation sites (N-methyl/N-ethyl adjacent to an activating group) is 1. The lowest BCUT2D eigenvalue weighted by Crippen LogP contribution is -2.62. The van der Waals surface area contributed by atoms with E-state index in [1.54, 1.807) is 31.9 Å². The van der Waals surface area contributed by atoms with E-state index in [1.807, 2.05) is 48.5 Å². The summed E-state index contributed by atoms with van der Waals surface area (Å²) in [4.78, 5) is 43.2. The Kier molecular flexibility index (Phi) is 11.0. The Morgan fingerprint density at radius 3 is 2.29 bits per heavy atom. The lowest BCUT2D eigenvalue weighted by molar-refractivity contribution is -0.142. The van der Waals surface area contributed by atoms with E-state index in [-0.39, 0.29) is 36.4 Å². The summed E-state index contributed by atoms with van der Waals surface area (Å²) < 4.78 is 5.11. The first-order chi connectivity index (χ1) is 16.1. The van der Waals surface area contributed by atoms with Crippen molar-refractivity contribution in [3.8, 4) is 12.3 Å². The Morgan fingerprint density at radius 2 is 1.80 bits per heavy atom. The third-order valence-corrected chi connectivity index (χ3v) is 6.77. The summed E-state index contributed by atoms with van der Waals surface area (Å²) >= 11 is 0. The predicted octanol–water partition coefficient (Wildman–Crippen LogP) is 3.78. The summed E-state index contributed by atoms with van der Waals surface area (Å²) in [5, 5.41) is 3.07. The van der Waals surface area contributed by atoms with Crippen LogP contribution in [0.3, 0.4) is 0 Å². The number of terminal acetylenes is 1. The molecule has 1 aliphatic heterocycles. The van der Waals surface area contributed by atoms with Crippen LogP contribution < -0.4 is 5.32 Å². The summed E-state index contributed by atoms with van der Waals surface area (Å²) in [6.07, 6.45) is 10.2. The minimum Gasteiger partial charge on any atom is -0.463 e. The highest BCUT2D eigenvalue weighted by Crippen LogP contribution is 2.28. The van der Waals surface area contributed by atoms with E-state index in [0.29, 0.717) is 12.0 Å². The van der Waals surface area contributed by atoms with Crippen molar-refractivity contribution < 1.29 is 19.1 Å². The van der Waals surface area contributed by atoms with Crippen LogP contribution in [0.2, 0.25) is 0 Å². The second-order valence-electron chi connectivity index (χ2n) is 11.5. The number of piperidine rings is 1. The monoisotopic (exact) mass is 489 g/mol. The minimum absolute atomic E-state index is 0.0508. The van der Waals surface area contributed by atoms with Gasteiger partial charge in [0, 0.05) is 19.2 Å². The van der Waals surface area contributed by atoms with E-state index in [4.69, 9.17) is 11.2 Å². The topological polar surface area (TPSA) is 79.0 Å². The van der Waals surface area contributed by atoms with Gasteiger partial charge in [-0.3, -0.25) is 14.5 Å². The van der Waals surface area contributed by atoms with Crippen LogP contribution in [0.4, 0.5) is 0 Å². The zero-order valence-corrected chi connectivity index (χ0v) is 23.5. The molecule has 3 atom stereocenters. The number of esters is 1. The predicted molar refractivity (Wildman–Crippen MR) is 140 cm³/mol. The van der Waals surface area contributed by atoms with Crippen molar-refractivity contribution in [2.75, 3.05) is 20.2 Å². The molecular weight excluding hydrogens is 442 g/mol. The molecule has 0 unspecified atom stereocenters. The van der Waals surface area contributed by atoms with Gasteiger partial charge in [-0.2, -0.15) is 0 Å². The fourth-order valence-electron chi connectivity index (χ4n) is 4.51. The molecule has 1 rings (SSSR count). The molecule has 35 heavy (non-hydrogen) atoms. The number of hydrogen-bond acceptors (Lipinski definition) is 5. The SMILES string of the molecule is C#CC(C)(C)N1CCCC[C@@H]1C(=O)N[C@H](C(=O)N(C)[C@H](C=C(C)C(=O)OCC)C(C)C)C(C)(C)C. The van der Waals surface area contributed by atoms with Crippen LogP contribution in [0, 0.1) is 23.7 Å². The van der Waals surface area contributed by atoms with Crippen molar-refractivity contribution >= 4 is 17.8 Å². The van der Waals surface area contributed by atoms with E-state index in [9.17, 15) is 14.4 Å². The average Bonchev–Trinajstić information content (AvgIpc) is 2.78. The number of hydrogen-bond donors (Lipinski definition) is 1. The molecular formula is C28H47N3O4. The second-order valence-corrected chi connectivity index (χ2v) is 11.5. The molecule has 0 aliphatic carbocycles. The van der Waals surface area contributed by atoms with Crippen LogP contribution in [0.5, 0.6) is 0 Å². The third-order valence-electron chi connectivity index (χ3n) is 6.77. The number of likely N-dealkylation sites (tertiary alicyclic amines) is 1. The van der Waals surface area contributed by atoms with Crippen LogP contribution in [-0.4, -0.2) is 71.4 Å². The number of amides is 2. The van der Waals surface area contributed by atoms with Crippen LogP contribution in [0.1, 0.15) is 81.6 Å². The van der Waals surface area contributed by atoms with Gasteiger partial charge >= 0.3 is 5.97 Å². The molecule has 0 aromatic heterocycles. The van der Waals surface area contributed by atoms with E-state index < -0.39 is 23.0 Å². The second kappa shape index (κ2) is 12.6.